The van der Waals surface area contributed by atoms with E-state index in [2.05, 4.69) is 40.8 Å². The van der Waals surface area contributed by atoms with Crippen molar-refractivity contribution in [2.45, 2.75) is 84.0 Å². The molecular formula is C16H35NO3Si. The second-order valence-corrected chi connectivity index (χ2v) is 12.0. The zero-order chi connectivity index (χ0) is 16.7. The molecule has 0 aliphatic heterocycles. The van der Waals surface area contributed by atoms with Crippen molar-refractivity contribution in [1.29, 1.82) is 0 Å². The van der Waals surface area contributed by atoms with Gasteiger partial charge in [-0.05, 0) is 24.6 Å². The molecule has 0 fully saturated rings. The minimum Gasteiger partial charge on any atom is -0.413 e. The highest BCUT2D eigenvalue weighted by Crippen LogP contribution is 2.38. The molecule has 0 bridgehead atoms. The van der Waals surface area contributed by atoms with Crippen molar-refractivity contribution in [2.24, 2.45) is 0 Å². The molecule has 0 aliphatic rings. The maximum Gasteiger partial charge on any atom is 0.248 e. The van der Waals surface area contributed by atoms with Crippen molar-refractivity contribution in [1.82, 2.24) is 5.06 Å². The van der Waals surface area contributed by atoms with Crippen LogP contribution in [0.1, 0.15) is 59.8 Å². The highest BCUT2D eigenvalue weighted by Gasteiger charge is 2.39. The van der Waals surface area contributed by atoms with E-state index in [4.69, 9.17) is 9.26 Å². The third kappa shape index (κ3) is 7.43. The number of nitrogens with zero attached hydrogens (tertiary/aromatic N) is 1. The van der Waals surface area contributed by atoms with Gasteiger partial charge in [0.1, 0.15) is 0 Å². The van der Waals surface area contributed by atoms with Crippen LogP contribution in [0.5, 0.6) is 0 Å². The number of hydrogen-bond donors (Lipinski definition) is 0. The summed E-state index contributed by atoms with van der Waals surface area (Å²) in [6.07, 6.45) is 4.83. The van der Waals surface area contributed by atoms with Crippen molar-refractivity contribution in [2.75, 3.05) is 14.2 Å². The molecule has 5 heteroatoms. The van der Waals surface area contributed by atoms with E-state index in [-0.39, 0.29) is 17.0 Å². The molecule has 0 unspecified atom stereocenters. The predicted octanol–water partition coefficient (Wildman–Crippen LogP) is 4.37. The maximum absolute atomic E-state index is 12.1. The minimum atomic E-state index is -1.85. The van der Waals surface area contributed by atoms with Gasteiger partial charge in [0.25, 0.3) is 0 Å². The topological polar surface area (TPSA) is 38.8 Å². The van der Waals surface area contributed by atoms with E-state index in [0.717, 1.165) is 12.8 Å². The van der Waals surface area contributed by atoms with Crippen molar-refractivity contribution >= 4 is 14.2 Å². The summed E-state index contributed by atoms with van der Waals surface area (Å²) < 4.78 is 6.45. The van der Waals surface area contributed by atoms with Gasteiger partial charge in [0.05, 0.1) is 19.6 Å². The van der Waals surface area contributed by atoms with Crippen LogP contribution in [0, 0.1) is 0 Å². The number of unbranched alkanes of at least 4 members (excludes halogenated alkanes) is 2. The first kappa shape index (κ1) is 20.6. The van der Waals surface area contributed by atoms with Crippen LogP contribution in [-0.2, 0) is 14.1 Å². The summed E-state index contributed by atoms with van der Waals surface area (Å²) in [6, 6.07) is 0. The Morgan fingerprint density at radius 3 is 2.24 bits per heavy atom. The lowest BCUT2D eigenvalue weighted by Gasteiger charge is -2.39. The average Bonchev–Trinajstić information content (AvgIpc) is 2.36. The van der Waals surface area contributed by atoms with Crippen LogP contribution >= 0.6 is 0 Å². The largest absolute Gasteiger partial charge is 0.413 e. The Balaban J connectivity index is 4.77. The molecule has 0 heterocycles. The SMILES string of the molecule is CCCCC[C@H](CC(=O)N(C)OC)O[Si](C)(C)C(C)(C)C. The van der Waals surface area contributed by atoms with Gasteiger partial charge < -0.3 is 4.43 Å². The second-order valence-electron chi connectivity index (χ2n) is 7.27. The van der Waals surface area contributed by atoms with Gasteiger partial charge >= 0.3 is 0 Å². The van der Waals surface area contributed by atoms with Crippen molar-refractivity contribution in [3.63, 3.8) is 0 Å². The van der Waals surface area contributed by atoms with Crippen LogP contribution in [0.25, 0.3) is 0 Å². The molecule has 1 atom stereocenters. The predicted molar refractivity (Wildman–Crippen MR) is 90.6 cm³/mol. The number of rotatable bonds is 9. The minimum absolute atomic E-state index is 0.00235. The molecular weight excluding hydrogens is 282 g/mol. The monoisotopic (exact) mass is 317 g/mol. The molecule has 0 aromatic carbocycles. The molecule has 0 rings (SSSR count). The molecule has 0 saturated carbocycles. The summed E-state index contributed by atoms with van der Waals surface area (Å²) in [5.41, 5.74) is 0. The molecule has 0 aromatic heterocycles. The molecule has 0 aromatic rings. The molecule has 126 valence electrons. The maximum atomic E-state index is 12.1. The van der Waals surface area contributed by atoms with Gasteiger partial charge in [-0.3, -0.25) is 9.63 Å². The standard InChI is InChI=1S/C16H35NO3Si/c1-9-10-11-12-14(13-15(18)17(5)19-6)20-21(7,8)16(2,3)4/h14H,9-13H2,1-8H3/t14-/m1/s1. The van der Waals surface area contributed by atoms with Crippen molar-refractivity contribution < 1.29 is 14.1 Å². The summed E-state index contributed by atoms with van der Waals surface area (Å²) in [4.78, 5) is 17.1. The lowest BCUT2D eigenvalue weighted by Crippen LogP contribution is -2.45. The van der Waals surface area contributed by atoms with Crippen molar-refractivity contribution in [3.8, 4) is 0 Å². The molecule has 0 radical (unpaired) electrons. The van der Waals surface area contributed by atoms with Crippen molar-refractivity contribution in [3.05, 3.63) is 0 Å². The summed E-state index contributed by atoms with van der Waals surface area (Å²) in [6.45, 7) is 13.4. The Hall–Kier alpha value is -0.393. The van der Waals surface area contributed by atoms with E-state index >= 15 is 0 Å². The molecule has 0 spiro atoms. The van der Waals surface area contributed by atoms with E-state index in [1.807, 2.05) is 0 Å². The van der Waals surface area contributed by atoms with Gasteiger partial charge in [-0.15, -0.1) is 0 Å². The van der Waals surface area contributed by atoms with Crippen LogP contribution in [0.4, 0.5) is 0 Å². The molecule has 21 heavy (non-hydrogen) atoms. The Kier molecular flexibility index (Phi) is 8.74. The highest BCUT2D eigenvalue weighted by molar-refractivity contribution is 6.74. The molecule has 0 N–H and O–H groups in total. The first-order chi connectivity index (χ1) is 9.55. The number of amides is 1. The summed E-state index contributed by atoms with van der Waals surface area (Å²) in [5, 5.41) is 1.45. The Bertz CT molecular complexity index is 313. The van der Waals surface area contributed by atoms with E-state index in [9.17, 15) is 4.79 Å². The van der Waals surface area contributed by atoms with E-state index < -0.39 is 8.32 Å². The molecule has 1 amide bonds. The van der Waals surface area contributed by atoms with Crippen LogP contribution in [0.3, 0.4) is 0 Å². The third-order valence-electron chi connectivity index (χ3n) is 4.42. The second kappa shape index (κ2) is 8.91. The van der Waals surface area contributed by atoms with E-state index in [1.54, 1.807) is 7.05 Å². The number of hydrogen-bond acceptors (Lipinski definition) is 3. The lowest BCUT2D eigenvalue weighted by molar-refractivity contribution is -0.170. The molecule has 4 nitrogen and oxygen atoms in total. The normalized spacial score (nSPS) is 14.1. The molecule has 0 aliphatic carbocycles. The lowest BCUT2D eigenvalue weighted by atomic mass is 10.1. The van der Waals surface area contributed by atoms with Gasteiger partial charge in [-0.1, -0.05) is 47.0 Å². The summed E-state index contributed by atoms with van der Waals surface area (Å²) >= 11 is 0. The Morgan fingerprint density at radius 1 is 1.24 bits per heavy atom. The summed E-state index contributed by atoms with van der Waals surface area (Å²) in [7, 11) is 1.31. The molecule has 0 saturated heterocycles. The van der Waals surface area contributed by atoms with Gasteiger partial charge in [-0.25, -0.2) is 5.06 Å². The number of carbonyl (C=O) groups excluding carboxylic acids is 1. The smallest absolute Gasteiger partial charge is 0.248 e. The zero-order valence-electron chi connectivity index (χ0n) is 15.3. The van der Waals surface area contributed by atoms with Crippen LogP contribution in [-0.4, -0.2) is 39.5 Å². The summed E-state index contributed by atoms with van der Waals surface area (Å²) in [5.74, 6) is -0.0160. The fourth-order valence-electron chi connectivity index (χ4n) is 1.84. The fraction of sp³-hybridized carbons (Fsp3) is 0.938. The first-order valence-corrected chi connectivity index (χ1v) is 10.9. The van der Waals surface area contributed by atoms with Crippen LogP contribution < -0.4 is 0 Å². The Labute approximate surface area is 132 Å². The Morgan fingerprint density at radius 2 is 1.81 bits per heavy atom. The van der Waals surface area contributed by atoms with Gasteiger partial charge in [-0.2, -0.15) is 0 Å². The fourth-order valence-corrected chi connectivity index (χ4v) is 3.23. The first-order valence-electron chi connectivity index (χ1n) is 8.03. The average molecular weight is 318 g/mol. The van der Waals surface area contributed by atoms with Gasteiger partial charge in [0.2, 0.25) is 5.91 Å². The third-order valence-corrected chi connectivity index (χ3v) is 8.96. The van der Waals surface area contributed by atoms with Crippen LogP contribution in [0.2, 0.25) is 18.1 Å². The zero-order valence-corrected chi connectivity index (χ0v) is 16.3. The highest BCUT2D eigenvalue weighted by atomic mass is 28.4. The number of hydroxylamine groups is 2. The van der Waals surface area contributed by atoms with E-state index in [0.29, 0.717) is 6.42 Å². The quantitative estimate of drug-likeness (QED) is 0.360. The van der Waals surface area contributed by atoms with Crippen LogP contribution in [0.15, 0.2) is 0 Å². The van der Waals surface area contributed by atoms with E-state index in [1.165, 1.54) is 25.0 Å². The number of carbonyl (C=O) groups is 1. The van der Waals surface area contributed by atoms with Gasteiger partial charge in [0.15, 0.2) is 8.32 Å². The van der Waals surface area contributed by atoms with Gasteiger partial charge in [0, 0.05) is 7.05 Å².